The molecule has 3 N–H and O–H groups in total. The van der Waals surface area contributed by atoms with Gasteiger partial charge in [0.05, 0.1) is 11.8 Å². The fourth-order valence-corrected chi connectivity index (χ4v) is 2.46. The van der Waals surface area contributed by atoms with Crippen LogP contribution < -0.4 is 10.6 Å². The summed E-state index contributed by atoms with van der Waals surface area (Å²) in [6, 6.07) is 3.31. The predicted octanol–water partition coefficient (Wildman–Crippen LogP) is 1.90. The van der Waals surface area contributed by atoms with Crippen LogP contribution in [0.25, 0.3) is 0 Å². The predicted molar refractivity (Wildman–Crippen MR) is 78.9 cm³/mol. The minimum Gasteiger partial charge on any atom is -0.387 e. The van der Waals surface area contributed by atoms with E-state index >= 15 is 0 Å². The lowest BCUT2D eigenvalue weighted by molar-refractivity contribution is 0.175. The molecule has 0 aromatic carbocycles. The molecule has 0 spiro atoms. The number of aliphatic hydroxyl groups is 1. The van der Waals surface area contributed by atoms with Crippen molar-refractivity contribution in [2.75, 3.05) is 11.9 Å². The third kappa shape index (κ3) is 3.58. The molecule has 2 amide bonds. The third-order valence-corrected chi connectivity index (χ3v) is 3.62. The lowest BCUT2D eigenvalue weighted by atomic mass is 10.2. The molecule has 0 fully saturated rings. The zero-order chi connectivity index (χ0) is 14.5. The van der Waals surface area contributed by atoms with Crippen molar-refractivity contribution in [3.63, 3.8) is 0 Å². The minimum absolute atomic E-state index is 0.168. The largest absolute Gasteiger partial charge is 0.387 e. The Kier molecular flexibility index (Phi) is 4.75. The van der Waals surface area contributed by atoms with Crippen LogP contribution in [0.4, 0.5) is 10.6 Å². The van der Waals surface area contributed by atoms with Crippen molar-refractivity contribution in [1.29, 1.82) is 0 Å². The summed E-state index contributed by atoms with van der Waals surface area (Å²) in [7, 11) is 1.77. The molecule has 0 aliphatic rings. The van der Waals surface area contributed by atoms with Crippen LogP contribution in [0.15, 0.2) is 22.9 Å². The van der Waals surface area contributed by atoms with E-state index in [1.807, 2.05) is 29.8 Å². The smallest absolute Gasteiger partial charge is 0.320 e. The van der Waals surface area contributed by atoms with E-state index in [-0.39, 0.29) is 12.6 Å². The van der Waals surface area contributed by atoms with Crippen molar-refractivity contribution in [1.82, 2.24) is 15.1 Å². The van der Waals surface area contributed by atoms with Crippen molar-refractivity contribution >= 4 is 23.2 Å². The molecule has 0 radical (unpaired) electrons. The highest BCUT2D eigenvalue weighted by molar-refractivity contribution is 7.07. The maximum absolute atomic E-state index is 11.8. The van der Waals surface area contributed by atoms with Crippen LogP contribution in [0.3, 0.4) is 0 Å². The van der Waals surface area contributed by atoms with E-state index in [9.17, 15) is 9.90 Å². The van der Waals surface area contributed by atoms with E-state index in [4.69, 9.17) is 0 Å². The standard InChI is InChI=1S/C13H18N4O2S/c1-3-10-6-12(17(2)16-10)15-13(19)14-7-11(18)9-4-5-20-8-9/h4-6,8,11,18H,3,7H2,1-2H3,(H2,14,15,19). The van der Waals surface area contributed by atoms with Crippen LogP contribution in [-0.2, 0) is 13.5 Å². The highest BCUT2D eigenvalue weighted by Gasteiger charge is 2.11. The number of hydrogen-bond donors (Lipinski definition) is 3. The minimum atomic E-state index is -0.690. The van der Waals surface area contributed by atoms with Crippen LogP contribution in [0.1, 0.15) is 24.3 Å². The number of thiophene rings is 1. The summed E-state index contributed by atoms with van der Waals surface area (Å²) in [6.45, 7) is 2.17. The molecule has 7 heteroatoms. The molecule has 2 aromatic rings. The molecule has 0 saturated carbocycles. The number of amides is 2. The summed E-state index contributed by atoms with van der Waals surface area (Å²) in [4.78, 5) is 11.8. The zero-order valence-corrected chi connectivity index (χ0v) is 12.3. The Morgan fingerprint density at radius 1 is 1.60 bits per heavy atom. The summed E-state index contributed by atoms with van der Waals surface area (Å²) in [5.74, 6) is 0.629. The number of aromatic nitrogens is 2. The van der Waals surface area contributed by atoms with Crippen molar-refractivity contribution in [2.24, 2.45) is 7.05 Å². The van der Waals surface area contributed by atoms with E-state index < -0.39 is 6.10 Å². The van der Waals surface area contributed by atoms with Crippen LogP contribution in [0.5, 0.6) is 0 Å². The number of hydrogen-bond acceptors (Lipinski definition) is 4. The Bertz CT molecular complexity index is 565. The van der Waals surface area contributed by atoms with E-state index in [1.54, 1.807) is 11.7 Å². The van der Waals surface area contributed by atoms with Gasteiger partial charge in [0.15, 0.2) is 0 Å². The van der Waals surface area contributed by atoms with E-state index in [0.29, 0.717) is 5.82 Å². The van der Waals surface area contributed by atoms with Crippen molar-refractivity contribution in [3.05, 3.63) is 34.2 Å². The van der Waals surface area contributed by atoms with Crippen molar-refractivity contribution < 1.29 is 9.90 Å². The third-order valence-electron chi connectivity index (χ3n) is 2.92. The van der Waals surface area contributed by atoms with Gasteiger partial charge in [-0.3, -0.25) is 10.00 Å². The quantitative estimate of drug-likeness (QED) is 0.788. The van der Waals surface area contributed by atoms with Crippen LogP contribution in [0, 0.1) is 0 Å². The maximum Gasteiger partial charge on any atom is 0.320 e. The van der Waals surface area contributed by atoms with Gasteiger partial charge in [0.1, 0.15) is 5.82 Å². The summed E-state index contributed by atoms with van der Waals surface area (Å²) in [5.41, 5.74) is 1.73. The molecular formula is C13H18N4O2S. The monoisotopic (exact) mass is 294 g/mol. The van der Waals surface area contributed by atoms with Gasteiger partial charge < -0.3 is 10.4 Å². The summed E-state index contributed by atoms with van der Waals surface area (Å²) in [5, 5.41) is 23.2. The topological polar surface area (TPSA) is 79.2 Å². The number of aryl methyl sites for hydroxylation is 2. The van der Waals surface area contributed by atoms with Crippen molar-refractivity contribution in [3.8, 4) is 0 Å². The first-order valence-electron chi connectivity index (χ1n) is 6.38. The lowest BCUT2D eigenvalue weighted by Crippen LogP contribution is -2.32. The molecule has 108 valence electrons. The van der Waals surface area contributed by atoms with Gasteiger partial charge >= 0.3 is 6.03 Å². The molecule has 0 saturated heterocycles. The SMILES string of the molecule is CCc1cc(NC(=O)NCC(O)c2ccsc2)n(C)n1. The zero-order valence-electron chi connectivity index (χ0n) is 11.5. The van der Waals surface area contributed by atoms with Crippen LogP contribution in [-0.4, -0.2) is 27.5 Å². The number of nitrogens with one attached hydrogen (secondary N) is 2. The molecule has 6 nitrogen and oxygen atoms in total. The molecule has 0 aliphatic heterocycles. The van der Waals surface area contributed by atoms with Gasteiger partial charge in [0, 0.05) is 19.7 Å². The molecule has 1 atom stereocenters. The van der Waals surface area contributed by atoms with Gasteiger partial charge in [-0.2, -0.15) is 16.4 Å². The fourth-order valence-electron chi connectivity index (χ4n) is 1.75. The molecule has 0 aliphatic carbocycles. The van der Waals surface area contributed by atoms with Gasteiger partial charge in [0.2, 0.25) is 0 Å². The lowest BCUT2D eigenvalue weighted by Gasteiger charge is -2.11. The molecule has 2 aromatic heterocycles. The number of anilines is 1. The van der Waals surface area contributed by atoms with Gasteiger partial charge in [-0.25, -0.2) is 4.79 Å². The summed E-state index contributed by atoms with van der Waals surface area (Å²) < 4.78 is 1.62. The Hall–Kier alpha value is -1.86. The van der Waals surface area contributed by atoms with Gasteiger partial charge in [-0.05, 0) is 28.8 Å². The molecule has 20 heavy (non-hydrogen) atoms. The Morgan fingerprint density at radius 2 is 2.40 bits per heavy atom. The second kappa shape index (κ2) is 6.53. The number of nitrogens with zero attached hydrogens (tertiary/aromatic N) is 2. The van der Waals surface area contributed by atoms with Crippen LogP contribution in [0.2, 0.25) is 0 Å². The molecule has 0 bridgehead atoms. The number of aliphatic hydroxyl groups excluding tert-OH is 1. The molecule has 1 unspecified atom stereocenters. The highest BCUT2D eigenvalue weighted by Crippen LogP contribution is 2.15. The van der Waals surface area contributed by atoms with Crippen LogP contribution >= 0.6 is 11.3 Å². The second-order valence-electron chi connectivity index (χ2n) is 4.41. The number of urea groups is 1. The molecule has 2 rings (SSSR count). The molecular weight excluding hydrogens is 276 g/mol. The van der Waals surface area contributed by atoms with Gasteiger partial charge in [-0.15, -0.1) is 0 Å². The Morgan fingerprint density at radius 3 is 3.00 bits per heavy atom. The number of carbonyl (C=O) groups excluding carboxylic acids is 1. The average Bonchev–Trinajstić information content (AvgIpc) is 3.06. The summed E-state index contributed by atoms with van der Waals surface area (Å²) in [6.07, 6.45) is 0.123. The van der Waals surface area contributed by atoms with E-state index in [1.165, 1.54) is 11.3 Å². The summed E-state index contributed by atoms with van der Waals surface area (Å²) >= 11 is 1.51. The normalized spacial score (nSPS) is 12.2. The number of rotatable bonds is 5. The van der Waals surface area contributed by atoms with Gasteiger partial charge in [-0.1, -0.05) is 6.92 Å². The molecule has 2 heterocycles. The number of carbonyl (C=O) groups is 1. The maximum atomic E-state index is 11.8. The first-order chi connectivity index (χ1) is 9.60. The van der Waals surface area contributed by atoms with E-state index in [2.05, 4.69) is 15.7 Å². The second-order valence-corrected chi connectivity index (χ2v) is 5.19. The average molecular weight is 294 g/mol. The first kappa shape index (κ1) is 14.5. The van der Waals surface area contributed by atoms with Crippen molar-refractivity contribution in [2.45, 2.75) is 19.4 Å². The Balaban J connectivity index is 1.84. The first-order valence-corrected chi connectivity index (χ1v) is 7.32. The Labute approximate surface area is 121 Å². The van der Waals surface area contributed by atoms with Gasteiger partial charge in [0.25, 0.3) is 0 Å². The highest BCUT2D eigenvalue weighted by atomic mass is 32.1. The van der Waals surface area contributed by atoms with E-state index in [0.717, 1.165) is 17.7 Å². The fraction of sp³-hybridized carbons (Fsp3) is 0.385.